The van der Waals surface area contributed by atoms with Crippen LogP contribution in [0, 0.1) is 17.8 Å². The fraction of sp³-hybridized carbons (Fsp3) is 1.00. The average Bonchev–Trinajstić information content (AvgIpc) is 2.35. The quantitative estimate of drug-likeness (QED) is 0.828. The Hall–Kier alpha value is 0.660. The minimum atomic E-state index is -0.0765. The molecule has 7 atom stereocenters. The maximum Gasteiger partial charge on any atom is 0.0695 e. The highest BCUT2D eigenvalue weighted by molar-refractivity contribution is 8.07. The second kappa shape index (κ2) is 6.41. The molecule has 0 aromatic heterocycles. The minimum Gasteiger partial charge on any atom is -0.392 e. The molecule has 0 spiro atoms. The Labute approximate surface area is 121 Å². The summed E-state index contributed by atoms with van der Waals surface area (Å²) in [6, 6.07) is 0. The maximum atomic E-state index is 10.7. The first kappa shape index (κ1) is 15.1. The van der Waals surface area contributed by atoms with Crippen molar-refractivity contribution >= 4 is 23.5 Å². The van der Waals surface area contributed by atoms with Gasteiger partial charge in [-0.15, -0.1) is 0 Å². The van der Waals surface area contributed by atoms with E-state index < -0.39 is 0 Å². The highest BCUT2D eigenvalue weighted by Crippen LogP contribution is 2.42. The van der Waals surface area contributed by atoms with E-state index in [4.69, 9.17) is 0 Å². The molecule has 7 unspecified atom stereocenters. The zero-order valence-corrected chi connectivity index (χ0v) is 13.8. The summed E-state index contributed by atoms with van der Waals surface area (Å²) < 4.78 is 0. The van der Waals surface area contributed by atoms with Crippen LogP contribution in [0.1, 0.15) is 47.0 Å². The zero-order chi connectivity index (χ0) is 13.3. The predicted octanol–water partition coefficient (Wildman–Crippen LogP) is 4.05. The summed E-state index contributed by atoms with van der Waals surface area (Å²) in [4.78, 5) is 0. The first-order chi connectivity index (χ1) is 8.49. The highest BCUT2D eigenvalue weighted by atomic mass is 32.2. The first-order valence-electron chi connectivity index (χ1n) is 7.44. The third-order valence-electron chi connectivity index (χ3n) is 5.08. The smallest absolute Gasteiger partial charge is 0.0695 e. The van der Waals surface area contributed by atoms with Crippen LogP contribution in [0.4, 0.5) is 0 Å². The molecule has 1 saturated heterocycles. The summed E-state index contributed by atoms with van der Waals surface area (Å²) in [5.74, 6) is 3.32. The molecular formula is C15H28OS2. The molecule has 2 rings (SSSR count). The van der Waals surface area contributed by atoms with Gasteiger partial charge >= 0.3 is 0 Å². The Morgan fingerprint density at radius 3 is 2.33 bits per heavy atom. The fourth-order valence-electron chi connectivity index (χ4n) is 3.19. The van der Waals surface area contributed by atoms with Crippen molar-refractivity contribution < 1.29 is 5.11 Å². The number of aliphatic hydroxyl groups excluding tert-OH is 1. The summed E-state index contributed by atoms with van der Waals surface area (Å²) >= 11 is 4.07. The van der Waals surface area contributed by atoms with Crippen molar-refractivity contribution in [3.05, 3.63) is 0 Å². The van der Waals surface area contributed by atoms with Gasteiger partial charge in [-0.3, -0.25) is 0 Å². The normalized spacial score (nSPS) is 47.8. The molecule has 2 fully saturated rings. The van der Waals surface area contributed by atoms with E-state index >= 15 is 0 Å². The van der Waals surface area contributed by atoms with E-state index in [0.29, 0.717) is 16.4 Å². The van der Waals surface area contributed by atoms with E-state index in [1.54, 1.807) is 0 Å². The second-order valence-electron chi connectivity index (χ2n) is 6.44. The van der Waals surface area contributed by atoms with Crippen LogP contribution in [0.5, 0.6) is 0 Å². The topological polar surface area (TPSA) is 20.2 Å². The van der Waals surface area contributed by atoms with E-state index in [9.17, 15) is 5.11 Å². The van der Waals surface area contributed by atoms with Gasteiger partial charge in [0.1, 0.15) is 0 Å². The molecule has 0 radical (unpaired) electrons. The van der Waals surface area contributed by atoms with Crippen LogP contribution in [0.2, 0.25) is 0 Å². The van der Waals surface area contributed by atoms with Gasteiger partial charge in [0.15, 0.2) is 0 Å². The van der Waals surface area contributed by atoms with E-state index in [2.05, 4.69) is 27.7 Å². The molecule has 3 heteroatoms. The second-order valence-corrected chi connectivity index (χ2v) is 9.47. The first-order valence-corrected chi connectivity index (χ1v) is 9.43. The van der Waals surface area contributed by atoms with Gasteiger partial charge in [0.2, 0.25) is 0 Å². The number of thioether (sulfide) groups is 2. The van der Waals surface area contributed by atoms with Gasteiger partial charge in [-0.2, -0.15) is 23.5 Å². The van der Waals surface area contributed by atoms with Crippen molar-refractivity contribution in [2.45, 2.75) is 68.8 Å². The molecular weight excluding hydrogens is 260 g/mol. The van der Waals surface area contributed by atoms with Crippen LogP contribution in [0.15, 0.2) is 0 Å². The molecule has 0 aromatic carbocycles. The lowest BCUT2D eigenvalue weighted by Gasteiger charge is -2.40. The van der Waals surface area contributed by atoms with Gasteiger partial charge in [-0.1, -0.05) is 34.1 Å². The highest BCUT2D eigenvalue weighted by Gasteiger charge is 2.37. The zero-order valence-electron chi connectivity index (χ0n) is 12.1. The van der Waals surface area contributed by atoms with Crippen LogP contribution < -0.4 is 0 Å². The van der Waals surface area contributed by atoms with Crippen LogP contribution >= 0.6 is 23.5 Å². The number of hydrogen-bond acceptors (Lipinski definition) is 3. The van der Waals surface area contributed by atoms with Gasteiger partial charge in [0.25, 0.3) is 0 Å². The number of hydrogen-bond donors (Lipinski definition) is 1. The van der Waals surface area contributed by atoms with E-state index in [0.717, 1.165) is 22.8 Å². The van der Waals surface area contributed by atoms with Crippen molar-refractivity contribution in [3.63, 3.8) is 0 Å². The molecule has 106 valence electrons. The largest absolute Gasteiger partial charge is 0.392 e. The number of aliphatic hydroxyl groups is 1. The number of rotatable bonds is 2. The van der Waals surface area contributed by atoms with Crippen molar-refractivity contribution in [3.8, 4) is 0 Å². The molecule has 0 aromatic rings. The average molecular weight is 289 g/mol. The predicted molar refractivity (Wildman–Crippen MR) is 84.4 cm³/mol. The summed E-state index contributed by atoms with van der Waals surface area (Å²) in [7, 11) is 0. The third-order valence-corrected chi connectivity index (χ3v) is 8.58. The summed E-state index contributed by atoms with van der Waals surface area (Å²) in [5, 5.41) is 12.6. The molecule has 1 heterocycles. The SMILES string of the molecule is CC1CCC(C(O)C2CSC(C)C(C)S2)CC1C. The molecule has 1 saturated carbocycles. The van der Waals surface area contributed by atoms with Crippen molar-refractivity contribution in [1.82, 2.24) is 0 Å². The van der Waals surface area contributed by atoms with Gasteiger partial charge in [0.05, 0.1) is 6.10 Å². The summed E-state index contributed by atoms with van der Waals surface area (Å²) in [6.45, 7) is 9.35. The Balaban J connectivity index is 1.89. The van der Waals surface area contributed by atoms with Crippen LogP contribution in [-0.2, 0) is 0 Å². The van der Waals surface area contributed by atoms with Crippen LogP contribution in [0.3, 0.4) is 0 Å². The molecule has 1 aliphatic carbocycles. The lowest BCUT2D eigenvalue weighted by Crippen LogP contribution is -2.41. The molecule has 2 aliphatic rings. The Kier molecular flexibility index (Phi) is 5.36. The van der Waals surface area contributed by atoms with Crippen molar-refractivity contribution in [1.29, 1.82) is 0 Å². The summed E-state index contributed by atoms with van der Waals surface area (Å²) in [5.41, 5.74) is 0. The Morgan fingerprint density at radius 2 is 1.72 bits per heavy atom. The summed E-state index contributed by atoms with van der Waals surface area (Å²) in [6.07, 6.45) is 3.69. The molecule has 0 amide bonds. The molecule has 1 nitrogen and oxygen atoms in total. The van der Waals surface area contributed by atoms with E-state index in [1.165, 1.54) is 19.3 Å². The maximum absolute atomic E-state index is 10.7. The van der Waals surface area contributed by atoms with Gasteiger partial charge in [0, 0.05) is 21.5 Å². The molecule has 1 N–H and O–H groups in total. The van der Waals surface area contributed by atoms with Crippen LogP contribution in [-0.4, -0.2) is 32.7 Å². The third kappa shape index (κ3) is 3.40. The fourth-order valence-corrected chi connectivity index (χ4v) is 6.29. The van der Waals surface area contributed by atoms with Gasteiger partial charge in [-0.25, -0.2) is 0 Å². The molecule has 0 bridgehead atoms. The van der Waals surface area contributed by atoms with Crippen molar-refractivity contribution in [2.24, 2.45) is 17.8 Å². The van der Waals surface area contributed by atoms with Gasteiger partial charge in [-0.05, 0) is 30.6 Å². The Bertz CT molecular complexity index is 245. The van der Waals surface area contributed by atoms with E-state index in [1.807, 2.05) is 23.5 Å². The standard InChI is InChI=1S/C15H28OS2/c1-9-5-6-13(7-10(9)2)15(16)14-8-17-11(3)12(4)18-14/h9-16H,5-8H2,1-4H3. The van der Waals surface area contributed by atoms with Crippen LogP contribution in [0.25, 0.3) is 0 Å². The minimum absolute atomic E-state index is 0.0765. The van der Waals surface area contributed by atoms with E-state index in [-0.39, 0.29) is 6.10 Å². The van der Waals surface area contributed by atoms with Gasteiger partial charge < -0.3 is 5.11 Å². The molecule has 18 heavy (non-hydrogen) atoms. The Morgan fingerprint density at radius 1 is 1.00 bits per heavy atom. The monoisotopic (exact) mass is 288 g/mol. The van der Waals surface area contributed by atoms with Crippen molar-refractivity contribution in [2.75, 3.05) is 5.75 Å². The lowest BCUT2D eigenvalue weighted by atomic mass is 9.73. The lowest BCUT2D eigenvalue weighted by molar-refractivity contribution is 0.0585. The molecule has 1 aliphatic heterocycles.